The van der Waals surface area contributed by atoms with Crippen molar-refractivity contribution >= 4 is 11.6 Å². The summed E-state index contributed by atoms with van der Waals surface area (Å²) in [5.74, 6) is 0.532. The zero-order valence-electron chi connectivity index (χ0n) is 14.8. The highest BCUT2D eigenvalue weighted by Gasteiger charge is 2.21. The molecule has 0 radical (unpaired) electrons. The van der Waals surface area contributed by atoms with E-state index in [9.17, 15) is 9.90 Å². The quantitative estimate of drug-likeness (QED) is 0.867. The van der Waals surface area contributed by atoms with Crippen LogP contribution in [-0.2, 0) is 17.6 Å². The average Bonchev–Trinajstić information content (AvgIpc) is 2.62. The number of hydrogen-bond donors (Lipinski definition) is 2. The number of anilines is 1. The Morgan fingerprint density at radius 1 is 1.28 bits per heavy atom. The third-order valence-corrected chi connectivity index (χ3v) is 4.80. The largest absolute Gasteiger partial charge is 0.483 e. The van der Waals surface area contributed by atoms with Crippen LogP contribution < -0.4 is 10.1 Å². The molecule has 1 aliphatic rings. The Morgan fingerprint density at radius 2 is 2.08 bits per heavy atom. The summed E-state index contributed by atoms with van der Waals surface area (Å²) in [7, 11) is 0. The second kappa shape index (κ2) is 7.70. The number of aliphatic hydroxyl groups excluding tert-OH is 1. The molecule has 25 heavy (non-hydrogen) atoms. The number of nitrogens with one attached hydrogen (secondary N) is 1. The zero-order chi connectivity index (χ0) is 17.8. The van der Waals surface area contributed by atoms with Crippen LogP contribution in [0.25, 0.3) is 0 Å². The number of aryl methyl sites for hydroxylation is 2. The summed E-state index contributed by atoms with van der Waals surface area (Å²) in [6.07, 6.45) is 3.03. The first-order chi connectivity index (χ1) is 12.1. The predicted octanol–water partition coefficient (Wildman–Crippen LogP) is 3.94. The molecule has 0 fully saturated rings. The monoisotopic (exact) mass is 339 g/mol. The van der Waals surface area contributed by atoms with E-state index in [2.05, 4.69) is 12.2 Å². The number of benzene rings is 2. The normalized spacial score (nSPS) is 16.2. The molecule has 2 N–H and O–H groups in total. The Morgan fingerprint density at radius 3 is 2.88 bits per heavy atom. The van der Waals surface area contributed by atoms with Crippen molar-refractivity contribution in [1.29, 1.82) is 0 Å². The minimum atomic E-state index is -0.430. The molecule has 0 aliphatic heterocycles. The van der Waals surface area contributed by atoms with E-state index in [4.69, 9.17) is 4.74 Å². The number of carbonyl (C=O) groups excluding carboxylic acids is 1. The molecular formula is C21H25NO3. The molecule has 0 aromatic heterocycles. The van der Waals surface area contributed by atoms with Gasteiger partial charge in [-0.15, -0.1) is 0 Å². The van der Waals surface area contributed by atoms with Crippen molar-refractivity contribution in [3.63, 3.8) is 0 Å². The molecule has 1 amide bonds. The number of hydrogen-bond acceptors (Lipinski definition) is 3. The minimum absolute atomic E-state index is 0.0377. The van der Waals surface area contributed by atoms with Crippen molar-refractivity contribution in [1.82, 2.24) is 0 Å². The molecule has 1 atom stereocenters. The van der Waals surface area contributed by atoms with Crippen LogP contribution in [0.4, 0.5) is 5.69 Å². The van der Waals surface area contributed by atoms with E-state index in [-0.39, 0.29) is 12.5 Å². The van der Waals surface area contributed by atoms with Gasteiger partial charge in [0.15, 0.2) is 6.61 Å². The lowest BCUT2D eigenvalue weighted by molar-refractivity contribution is -0.118. The van der Waals surface area contributed by atoms with Crippen molar-refractivity contribution in [2.45, 2.75) is 45.6 Å². The molecule has 4 nitrogen and oxygen atoms in total. The van der Waals surface area contributed by atoms with Crippen molar-refractivity contribution in [3.05, 3.63) is 58.7 Å². The minimum Gasteiger partial charge on any atom is -0.483 e. The molecule has 2 aromatic rings. The van der Waals surface area contributed by atoms with Crippen LogP contribution in [0.3, 0.4) is 0 Å². The lowest BCUT2D eigenvalue weighted by atomic mass is 9.89. The van der Waals surface area contributed by atoms with Crippen LogP contribution in [0.15, 0.2) is 36.4 Å². The summed E-state index contributed by atoms with van der Waals surface area (Å²) < 4.78 is 5.78. The molecular weight excluding hydrogens is 314 g/mol. The second-order valence-corrected chi connectivity index (χ2v) is 6.53. The molecule has 0 unspecified atom stereocenters. The molecule has 1 aliphatic carbocycles. The maximum atomic E-state index is 12.4. The number of amides is 1. The topological polar surface area (TPSA) is 58.6 Å². The number of fused-ring (bicyclic) bond motifs is 1. The summed E-state index contributed by atoms with van der Waals surface area (Å²) >= 11 is 0. The molecule has 2 aromatic carbocycles. The van der Waals surface area contributed by atoms with Crippen LogP contribution in [0.5, 0.6) is 5.75 Å². The number of rotatable bonds is 5. The third kappa shape index (κ3) is 3.85. The molecule has 0 bridgehead atoms. The van der Waals surface area contributed by atoms with E-state index in [1.165, 1.54) is 0 Å². The molecule has 0 saturated heterocycles. The maximum Gasteiger partial charge on any atom is 0.262 e. The van der Waals surface area contributed by atoms with Gasteiger partial charge in [0, 0.05) is 5.69 Å². The van der Waals surface area contributed by atoms with E-state index in [1.54, 1.807) is 0 Å². The van der Waals surface area contributed by atoms with Gasteiger partial charge in [-0.05, 0) is 60.9 Å². The van der Waals surface area contributed by atoms with Gasteiger partial charge < -0.3 is 15.2 Å². The highest BCUT2D eigenvalue weighted by molar-refractivity contribution is 5.93. The Kier molecular flexibility index (Phi) is 5.39. The molecule has 132 valence electrons. The van der Waals surface area contributed by atoms with Gasteiger partial charge >= 0.3 is 0 Å². The van der Waals surface area contributed by atoms with E-state index >= 15 is 0 Å². The summed E-state index contributed by atoms with van der Waals surface area (Å²) in [5.41, 5.74) is 5.00. The average molecular weight is 339 g/mol. The van der Waals surface area contributed by atoms with Crippen molar-refractivity contribution in [2.24, 2.45) is 0 Å². The molecule has 4 heteroatoms. The van der Waals surface area contributed by atoms with Gasteiger partial charge in [0.1, 0.15) is 5.75 Å². The van der Waals surface area contributed by atoms with Gasteiger partial charge in [0.05, 0.1) is 6.10 Å². The number of ether oxygens (including phenoxy) is 1. The van der Waals surface area contributed by atoms with E-state index < -0.39 is 6.10 Å². The van der Waals surface area contributed by atoms with Gasteiger partial charge in [0.25, 0.3) is 5.91 Å². The first-order valence-corrected chi connectivity index (χ1v) is 8.91. The second-order valence-electron chi connectivity index (χ2n) is 6.53. The first-order valence-electron chi connectivity index (χ1n) is 8.91. The fourth-order valence-electron chi connectivity index (χ4n) is 3.45. The van der Waals surface area contributed by atoms with E-state index in [1.807, 2.05) is 43.3 Å². The summed E-state index contributed by atoms with van der Waals surface area (Å²) in [5, 5.41) is 13.1. The zero-order valence-corrected chi connectivity index (χ0v) is 14.8. The smallest absolute Gasteiger partial charge is 0.262 e. The van der Waals surface area contributed by atoms with E-state index in [0.29, 0.717) is 5.75 Å². The van der Waals surface area contributed by atoms with E-state index in [0.717, 1.165) is 53.6 Å². The SMILES string of the molecule is CCc1cccc(C)c1NC(=O)COc1cccc2c1CCC[C@@H]2O. The highest BCUT2D eigenvalue weighted by Crippen LogP contribution is 2.35. The lowest BCUT2D eigenvalue weighted by Crippen LogP contribution is -2.22. The van der Waals surface area contributed by atoms with Gasteiger partial charge in [-0.3, -0.25) is 4.79 Å². The van der Waals surface area contributed by atoms with Crippen molar-refractivity contribution < 1.29 is 14.6 Å². The van der Waals surface area contributed by atoms with Gasteiger partial charge in [-0.2, -0.15) is 0 Å². The Hall–Kier alpha value is -2.33. The van der Waals surface area contributed by atoms with Gasteiger partial charge in [-0.25, -0.2) is 0 Å². The van der Waals surface area contributed by atoms with Crippen LogP contribution in [0.2, 0.25) is 0 Å². The fraction of sp³-hybridized carbons (Fsp3) is 0.381. The van der Waals surface area contributed by atoms with Gasteiger partial charge in [-0.1, -0.05) is 37.3 Å². The highest BCUT2D eigenvalue weighted by atomic mass is 16.5. The molecule has 0 spiro atoms. The molecule has 0 saturated carbocycles. The summed E-state index contributed by atoms with van der Waals surface area (Å²) in [4.78, 5) is 12.4. The molecule has 0 heterocycles. The number of aliphatic hydroxyl groups is 1. The molecule has 3 rings (SSSR count). The lowest BCUT2D eigenvalue weighted by Gasteiger charge is -2.23. The van der Waals surface area contributed by atoms with Crippen molar-refractivity contribution in [3.8, 4) is 5.75 Å². The van der Waals surface area contributed by atoms with Crippen LogP contribution in [0, 0.1) is 6.92 Å². The van der Waals surface area contributed by atoms with Gasteiger partial charge in [0.2, 0.25) is 0 Å². The standard InChI is InChI=1S/C21H25NO3/c1-3-15-8-4-7-14(2)21(15)22-20(24)13-25-19-12-6-9-16-17(19)10-5-11-18(16)23/h4,6-9,12,18,23H,3,5,10-11,13H2,1-2H3,(H,22,24)/t18-/m0/s1. The van der Waals surface area contributed by atoms with Crippen LogP contribution in [0.1, 0.15) is 48.1 Å². The Balaban J connectivity index is 1.69. The van der Waals surface area contributed by atoms with Crippen molar-refractivity contribution in [2.75, 3.05) is 11.9 Å². The first kappa shape index (κ1) is 17.5. The summed E-state index contributed by atoms with van der Waals surface area (Å²) in [6.45, 7) is 4.02. The number of carbonyl (C=O) groups is 1. The summed E-state index contributed by atoms with van der Waals surface area (Å²) in [6, 6.07) is 11.7. The van der Waals surface area contributed by atoms with Crippen LogP contribution in [-0.4, -0.2) is 17.6 Å². The Labute approximate surface area is 148 Å². The van der Waals surface area contributed by atoms with Crippen LogP contribution >= 0.6 is 0 Å². The fourth-order valence-corrected chi connectivity index (χ4v) is 3.45. The number of para-hydroxylation sites is 1. The predicted molar refractivity (Wildman–Crippen MR) is 99.0 cm³/mol. The maximum absolute atomic E-state index is 12.4. The third-order valence-electron chi connectivity index (χ3n) is 4.80. The Bertz CT molecular complexity index is 770.